The normalized spacial score (nSPS) is 13.0. The first-order valence-corrected chi connectivity index (χ1v) is 5.23. The first-order chi connectivity index (χ1) is 8.90. The average Bonchev–Trinajstić information content (AvgIpc) is 2.41. The van der Waals surface area contributed by atoms with Crippen molar-refractivity contribution in [3.05, 3.63) is 34.6 Å². The number of benzene rings is 1. The number of hydrogen-bond donors (Lipinski definition) is 1. The Morgan fingerprint density at radius 2 is 1.53 bits per heavy atom. The molecule has 0 amide bonds. The number of rotatable bonds is 5. The van der Waals surface area contributed by atoms with Crippen molar-refractivity contribution in [3.63, 3.8) is 0 Å². The van der Waals surface area contributed by atoms with Crippen LogP contribution in [-0.4, -0.2) is 17.4 Å². The molecule has 0 aromatic heterocycles. The molecule has 1 aromatic carbocycles. The van der Waals surface area contributed by atoms with E-state index in [0.717, 1.165) is 6.21 Å². The molecular formula is C11H10F5NO2. The van der Waals surface area contributed by atoms with E-state index in [-0.39, 0.29) is 0 Å². The maximum atomic E-state index is 13.2. The Kier molecular flexibility index (Phi) is 5.22. The predicted octanol–water partition coefficient (Wildman–Crippen LogP) is 2.66. The maximum Gasteiger partial charge on any atom is 0.200 e. The molecule has 0 saturated heterocycles. The Labute approximate surface area is 105 Å². The van der Waals surface area contributed by atoms with Gasteiger partial charge >= 0.3 is 0 Å². The zero-order valence-corrected chi connectivity index (χ0v) is 9.76. The minimum Gasteiger partial charge on any atom is -0.391 e. The average molecular weight is 283 g/mol. The quantitative estimate of drug-likeness (QED) is 0.297. The van der Waals surface area contributed by atoms with Crippen LogP contribution in [0.4, 0.5) is 22.0 Å². The second kappa shape index (κ2) is 6.46. The van der Waals surface area contributed by atoms with Gasteiger partial charge in [0, 0.05) is 0 Å². The third kappa shape index (κ3) is 3.40. The van der Waals surface area contributed by atoms with Crippen LogP contribution in [0.1, 0.15) is 18.9 Å². The zero-order valence-electron chi connectivity index (χ0n) is 9.76. The molecule has 0 saturated carbocycles. The standard InChI is InChI=1S/C11H10F5NO2/c1-2-5(18)3-17-19-4-6-7(12)9(14)11(16)10(15)8(6)13/h3,5,18H,2,4H2,1H3/b17-3+. The summed E-state index contributed by atoms with van der Waals surface area (Å²) >= 11 is 0. The minimum absolute atomic E-state index is 0.329. The molecule has 0 heterocycles. The summed E-state index contributed by atoms with van der Waals surface area (Å²) in [6, 6.07) is 0. The van der Waals surface area contributed by atoms with E-state index >= 15 is 0 Å². The second-order valence-electron chi connectivity index (χ2n) is 3.55. The highest BCUT2D eigenvalue weighted by atomic mass is 19.2. The van der Waals surface area contributed by atoms with E-state index in [9.17, 15) is 22.0 Å². The van der Waals surface area contributed by atoms with Gasteiger partial charge in [0.15, 0.2) is 23.3 Å². The number of aliphatic hydroxyl groups is 1. The van der Waals surface area contributed by atoms with Crippen LogP contribution in [0.15, 0.2) is 5.16 Å². The van der Waals surface area contributed by atoms with E-state index in [1.807, 2.05) is 0 Å². The Balaban J connectivity index is 2.88. The lowest BCUT2D eigenvalue weighted by Gasteiger charge is -2.07. The van der Waals surface area contributed by atoms with Gasteiger partial charge in [-0.3, -0.25) is 0 Å². The third-order valence-corrected chi connectivity index (χ3v) is 2.24. The van der Waals surface area contributed by atoms with Crippen LogP contribution < -0.4 is 0 Å². The smallest absolute Gasteiger partial charge is 0.200 e. The summed E-state index contributed by atoms with van der Waals surface area (Å²) in [5.74, 6) is -10.3. The molecule has 0 radical (unpaired) electrons. The summed E-state index contributed by atoms with van der Waals surface area (Å²) in [4.78, 5) is 4.38. The molecule has 0 aliphatic carbocycles. The molecule has 0 bridgehead atoms. The Hall–Kier alpha value is -1.70. The van der Waals surface area contributed by atoms with Gasteiger partial charge in [-0.2, -0.15) is 0 Å². The van der Waals surface area contributed by atoms with Gasteiger partial charge < -0.3 is 9.94 Å². The summed E-state index contributed by atoms with van der Waals surface area (Å²) in [6.45, 7) is 0.694. The van der Waals surface area contributed by atoms with Crippen molar-refractivity contribution in [2.45, 2.75) is 26.1 Å². The van der Waals surface area contributed by atoms with Crippen molar-refractivity contribution in [1.29, 1.82) is 0 Å². The molecule has 0 spiro atoms. The number of nitrogens with zero attached hydrogens (tertiary/aromatic N) is 1. The Morgan fingerprint density at radius 1 is 1.05 bits per heavy atom. The van der Waals surface area contributed by atoms with Crippen molar-refractivity contribution < 1.29 is 31.9 Å². The van der Waals surface area contributed by atoms with Gasteiger partial charge in [-0.1, -0.05) is 12.1 Å². The first-order valence-electron chi connectivity index (χ1n) is 5.23. The van der Waals surface area contributed by atoms with Gasteiger partial charge in [0.05, 0.1) is 17.9 Å². The van der Waals surface area contributed by atoms with E-state index < -0.39 is 47.4 Å². The van der Waals surface area contributed by atoms with Gasteiger partial charge in [0.2, 0.25) is 5.82 Å². The Morgan fingerprint density at radius 3 is 2.00 bits per heavy atom. The molecule has 0 aliphatic rings. The van der Waals surface area contributed by atoms with Crippen LogP contribution in [0.2, 0.25) is 0 Å². The molecule has 1 aromatic rings. The molecular weight excluding hydrogens is 273 g/mol. The second-order valence-corrected chi connectivity index (χ2v) is 3.55. The van der Waals surface area contributed by atoms with Crippen molar-refractivity contribution in [2.24, 2.45) is 5.16 Å². The van der Waals surface area contributed by atoms with Crippen LogP contribution in [0.3, 0.4) is 0 Å². The molecule has 1 rings (SSSR count). The fourth-order valence-electron chi connectivity index (χ4n) is 1.10. The van der Waals surface area contributed by atoms with Gasteiger partial charge in [0.1, 0.15) is 6.61 Å². The van der Waals surface area contributed by atoms with E-state index in [4.69, 9.17) is 5.11 Å². The SMILES string of the molecule is CCC(O)/C=N/OCc1c(F)c(F)c(F)c(F)c1F. The van der Waals surface area contributed by atoms with Gasteiger partial charge in [0.25, 0.3) is 0 Å². The highest BCUT2D eigenvalue weighted by Gasteiger charge is 2.25. The van der Waals surface area contributed by atoms with Gasteiger partial charge in [-0.05, 0) is 6.42 Å². The molecule has 0 fully saturated rings. The summed E-state index contributed by atoms with van der Waals surface area (Å²) in [6.07, 6.45) is 0.345. The zero-order chi connectivity index (χ0) is 14.6. The van der Waals surface area contributed by atoms with E-state index in [0.29, 0.717) is 6.42 Å². The van der Waals surface area contributed by atoms with Crippen LogP contribution in [0, 0.1) is 29.1 Å². The minimum atomic E-state index is -2.23. The van der Waals surface area contributed by atoms with Crippen molar-refractivity contribution in [2.75, 3.05) is 0 Å². The van der Waals surface area contributed by atoms with Crippen molar-refractivity contribution in [3.8, 4) is 0 Å². The summed E-state index contributed by atoms with van der Waals surface area (Å²) in [7, 11) is 0. The van der Waals surface area contributed by atoms with E-state index in [2.05, 4.69) is 9.99 Å². The molecule has 1 unspecified atom stereocenters. The lowest BCUT2D eigenvalue weighted by Crippen LogP contribution is -2.09. The molecule has 8 heteroatoms. The highest BCUT2D eigenvalue weighted by Crippen LogP contribution is 2.23. The molecule has 3 nitrogen and oxygen atoms in total. The monoisotopic (exact) mass is 283 g/mol. The van der Waals surface area contributed by atoms with Gasteiger partial charge in [-0.15, -0.1) is 0 Å². The number of aliphatic hydroxyl groups excluding tert-OH is 1. The lowest BCUT2D eigenvalue weighted by atomic mass is 10.2. The maximum absolute atomic E-state index is 13.2. The van der Waals surface area contributed by atoms with Crippen LogP contribution in [0.5, 0.6) is 0 Å². The van der Waals surface area contributed by atoms with Gasteiger partial charge in [-0.25, -0.2) is 22.0 Å². The predicted molar refractivity (Wildman–Crippen MR) is 55.8 cm³/mol. The number of hydrogen-bond acceptors (Lipinski definition) is 3. The van der Waals surface area contributed by atoms with E-state index in [1.54, 1.807) is 6.92 Å². The Bertz CT molecular complexity index is 463. The van der Waals surface area contributed by atoms with Crippen molar-refractivity contribution >= 4 is 6.21 Å². The molecule has 0 aliphatic heterocycles. The fourth-order valence-corrected chi connectivity index (χ4v) is 1.10. The number of oxime groups is 1. The molecule has 106 valence electrons. The summed E-state index contributed by atoms with van der Waals surface area (Å²) in [5.41, 5.74) is -1.13. The lowest BCUT2D eigenvalue weighted by molar-refractivity contribution is 0.119. The molecule has 19 heavy (non-hydrogen) atoms. The molecule has 1 N–H and O–H groups in total. The van der Waals surface area contributed by atoms with E-state index in [1.165, 1.54) is 0 Å². The number of halogens is 5. The van der Waals surface area contributed by atoms with Crippen LogP contribution in [0.25, 0.3) is 0 Å². The first kappa shape index (κ1) is 15.4. The molecule has 1 atom stereocenters. The van der Waals surface area contributed by atoms with Crippen LogP contribution in [-0.2, 0) is 11.4 Å². The van der Waals surface area contributed by atoms with Crippen molar-refractivity contribution in [1.82, 2.24) is 0 Å². The topological polar surface area (TPSA) is 41.8 Å². The largest absolute Gasteiger partial charge is 0.391 e. The highest BCUT2D eigenvalue weighted by molar-refractivity contribution is 5.61. The summed E-state index contributed by atoms with van der Waals surface area (Å²) < 4.78 is 64.6. The van der Waals surface area contributed by atoms with Crippen LogP contribution >= 0.6 is 0 Å². The fraction of sp³-hybridized carbons (Fsp3) is 0.364. The third-order valence-electron chi connectivity index (χ3n) is 2.24. The summed E-state index contributed by atoms with van der Waals surface area (Å²) in [5, 5.41) is 12.2.